The van der Waals surface area contributed by atoms with Crippen molar-refractivity contribution >= 4 is 34.4 Å². The molecule has 2 aromatic heterocycles. The van der Waals surface area contributed by atoms with Gasteiger partial charge >= 0.3 is 0 Å². The van der Waals surface area contributed by atoms with E-state index < -0.39 is 0 Å². The van der Waals surface area contributed by atoms with Crippen molar-refractivity contribution in [1.29, 1.82) is 0 Å². The Morgan fingerprint density at radius 3 is 2.48 bits per heavy atom. The molecule has 33 heavy (non-hydrogen) atoms. The van der Waals surface area contributed by atoms with Gasteiger partial charge in [-0.05, 0) is 48.4 Å². The molecule has 1 aliphatic carbocycles. The van der Waals surface area contributed by atoms with Gasteiger partial charge in [0.2, 0.25) is 0 Å². The minimum atomic E-state index is -0.201. The fraction of sp³-hybridized carbons (Fsp3) is 0.346. The van der Waals surface area contributed by atoms with Crippen LogP contribution in [0.2, 0.25) is 10.0 Å². The predicted molar refractivity (Wildman–Crippen MR) is 131 cm³/mol. The zero-order chi connectivity index (χ0) is 22.9. The highest BCUT2D eigenvalue weighted by Crippen LogP contribution is 2.37. The summed E-state index contributed by atoms with van der Waals surface area (Å²) in [5.74, 6) is 1.71. The van der Waals surface area contributed by atoms with Gasteiger partial charge in [0.1, 0.15) is 23.0 Å². The Labute approximate surface area is 202 Å². The van der Waals surface area contributed by atoms with E-state index in [1.165, 1.54) is 31.7 Å². The van der Waals surface area contributed by atoms with Crippen LogP contribution in [-0.2, 0) is 13.0 Å². The lowest BCUT2D eigenvalue weighted by atomic mass is 9.97. The van der Waals surface area contributed by atoms with Crippen LogP contribution in [0, 0.1) is 11.7 Å². The molecule has 1 saturated carbocycles. The Morgan fingerprint density at radius 1 is 1.03 bits per heavy atom. The first-order valence-corrected chi connectivity index (χ1v) is 12.2. The molecule has 1 fully saturated rings. The van der Waals surface area contributed by atoms with E-state index >= 15 is 0 Å². The second kappa shape index (κ2) is 9.40. The maximum atomic E-state index is 14.3. The number of nitrogens with zero attached hydrogens (tertiary/aromatic N) is 4. The monoisotopic (exact) mass is 482 g/mol. The summed E-state index contributed by atoms with van der Waals surface area (Å²) in [5.41, 5.74) is 2.88. The number of rotatable bonds is 6. The molecule has 0 unspecified atom stereocenters. The van der Waals surface area contributed by atoms with Crippen LogP contribution in [0.1, 0.15) is 49.9 Å². The Balaban J connectivity index is 1.58. The number of benzene rings is 2. The standard InChI is InChI=1S/C26H25Cl2FN4/c1-16(18-9-4-5-12-21(18)29)13-23-30-14-22-25(32-23)33(15-17-7-2-3-8-17)26(31-22)24-19(27)10-6-11-20(24)28/h4-6,9-12,14,16-17H,2-3,7-8,13,15H2,1H3/t16-/m1/s1. The third kappa shape index (κ3) is 4.49. The molecule has 2 aromatic carbocycles. The molecule has 7 heteroatoms. The number of hydrogen-bond acceptors (Lipinski definition) is 3. The lowest BCUT2D eigenvalue weighted by Crippen LogP contribution is -2.11. The van der Waals surface area contributed by atoms with Crippen molar-refractivity contribution in [1.82, 2.24) is 19.5 Å². The molecular weight excluding hydrogens is 458 g/mol. The number of fused-ring (bicyclic) bond motifs is 1. The molecule has 0 amide bonds. The van der Waals surface area contributed by atoms with Crippen molar-refractivity contribution in [2.75, 3.05) is 0 Å². The van der Waals surface area contributed by atoms with E-state index in [4.69, 9.17) is 33.2 Å². The third-order valence-corrected chi connectivity index (χ3v) is 7.19. The van der Waals surface area contributed by atoms with E-state index in [0.717, 1.165) is 23.6 Å². The molecule has 0 aliphatic heterocycles. The predicted octanol–water partition coefficient (Wildman–Crippen LogP) is 7.48. The molecule has 1 aliphatic rings. The average Bonchev–Trinajstić information content (AvgIpc) is 3.43. The zero-order valence-electron chi connectivity index (χ0n) is 18.4. The Morgan fingerprint density at radius 2 is 1.76 bits per heavy atom. The molecule has 170 valence electrons. The van der Waals surface area contributed by atoms with Gasteiger partial charge in [-0.3, -0.25) is 0 Å². The molecule has 4 nitrogen and oxygen atoms in total. The average molecular weight is 483 g/mol. The van der Waals surface area contributed by atoms with Crippen LogP contribution in [0.4, 0.5) is 4.39 Å². The van der Waals surface area contributed by atoms with Crippen LogP contribution in [0.15, 0.2) is 48.7 Å². The summed E-state index contributed by atoms with van der Waals surface area (Å²) in [4.78, 5) is 14.3. The van der Waals surface area contributed by atoms with Gasteiger partial charge in [-0.25, -0.2) is 19.3 Å². The molecule has 1 atom stereocenters. The van der Waals surface area contributed by atoms with Crippen LogP contribution in [0.3, 0.4) is 0 Å². The van der Waals surface area contributed by atoms with E-state index in [1.54, 1.807) is 12.3 Å². The molecule has 0 saturated heterocycles. The first-order chi connectivity index (χ1) is 16.0. The van der Waals surface area contributed by atoms with Crippen LogP contribution < -0.4 is 0 Å². The first-order valence-electron chi connectivity index (χ1n) is 11.4. The number of halogens is 3. The summed E-state index contributed by atoms with van der Waals surface area (Å²) in [6.45, 7) is 2.81. The molecule has 0 bridgehead atoms. The van der Waals surface area contributed by atoms with Gasteiger partial charge in [0, 0.05) is 13.0 Å². The SMILES string of the molecule is C[C@H](Cc1ncc2nc(-c3c(Cl)cccc3Cl)n(CC3CCCC3)c2n1)c1ccccc1F. The van der Waals surface area contributed by atoms with Gasteiger partial charge in [-0.1, -0.05) is 67.2 Å². The fourth-order valence-corrected chi connectivity index (χ4v) is 5.40. The van der Waals surface area contributed by atoms with Gasteiger partial charge in [-0.2, -0.15) is 0 Å². The number of aromatic nitrogens is 4. The van der Waals surface area contributed by atoms with E-state index in [2.05, 4.69) is 9.55 Å². The molecule has 0 N–H and O–H groups in total. The summed E-state index contributed by atoms with van der Waals surface area (Å²) in [6, 6.07) is 12.4. The van der Waals surface area contributed by atoms with E-state index in [0.29, 0.717) is 39.3 Å². The lowest BCUT2D eigenvalue weighted by molar-refractivity contribution is 0.465. The minimum absolute atomic E-state index is 0.0488. The molecular formula is C26H25Cl2FN4. The largest absolute Gasteiger partial charge is 0.308 e. The summed E-state index contributed by atoms with van der Waals surface area (Å²) in [6.07, 6.45) is 7.17. The van der Waals surface area contributed by atoms with Gasteiger partial charge in [0.25, 0.3) is 0 Å². The lowest BCUT2D eigenvalue weighted by Gasteiger charge is -2.16. The Bertz CT molecular complexity index is 1280. The highest BCUT2D eigenvalue weighted by atomic mass is 35.5. The summed E-state index contributed by atoms with van der Waals surface area (Å²) >= 11 is 13.1. The van der Waals surface area contributed by atoms with Gasteiger partial charge in [0.15, 0.2) is 5.65 Å². The zero-order valence-corrected chi connectivity index (χ0v) is 20.0. The fourth-order valence-electron chi connectivity index (χ4n) is 4.84. The summed E-state index contributed by atoms with van der Waals surface area (Å²) in [5, 5.41) is 1.12. The van der Waals surface area contributed by atoms with Crippen molar-refractivity contribution in [3.05, 3.63) is 75.9 Å². The molecule has 2 heterocycles. The molecule has 0 spiro atoms. The molecule has 4 aromatic rings. The molecule has 5 rings (SSSR count). The van der Waals surface area contributed by atoms with Crippen LogP contribution in [-0.4, -0.2) is 19.5 Å². The summed E-state index contributed by atoms with van der Waals surface area (Å²) < 4.78 is 16.4. The maximum Gasteiger partial charge on any atom is 0.164 e. The topological polar surface area (TPSA) is 43.6 Å². The first kappa shape index (κ1) is 22.3. The van der Waals surface area contributed by atoms with Crippen molar-refractivity contribution in [2.45, 2.75) is 51.5 Å². The van der Waals surface area contributed by atoms with E-state index in [1.807, 2.05) is 37.3 Å². The van der Waals surface area contributed by atoms with Crippen molar-refractivity contribution in [2.24, 2.45) is 5.92 Å². The van der Waals surface area contributed by atoms with Crippen LogP contribution >= 0.6 is 23.2 Å². The van der Waals surface area contributed by atoms with Gasteiger partial charge < -0.3 is 4.57 Å². The van der Waals surface area contributed by atoms with Crippen LogP contribution in [0.5, 0.6) is 0 Å². The van der Waals surface area contributed by atoms with Crippen molar-refractivity contribution < 1.29 is 4.39 Å². The quantitative estimate of drug-likeness (QED) is 0.286. The van der Waals surface area contributed by atoms with Gasteiger partial charge in [-0.15, -0.1) is 0 Å². The smallest absolute Gasteiger partial charge is 0.164 e. The minimum Gasteiger partial charge on any atom is -0.308 e. The number of hydrogen-bond donors (Lipinski definition) is 0. The van der Waals surface area contributed by atoms with Gasteiger partial charge in [0.05, 0.1) is 21.8 Å². The van der Waals surface area contributed by atoms with Crippen molar-refractivity contribution in [3.63, 3.8) is 0 Å². The second-order valence-corrected chi connectivity index (χ2v) is 9.73. The van der Waals surface area contributed by atoms with E-state index in [9.17, 15) is 4.39 Å². The maximum absolute atomic E-state index is 14.3. The Hall–Kier alpha value is -2.50. The normalized spacial score (nSPS) is 15.4. The van der Waals surface area contributed by atoms with Crippen LogP contribution in [0.25, 0.3) is 22.6 Å². The second-order valence-electron chi connectivity index (χ2n) is 8.91. The van der Waals surface area contributed by atoms with E-state index in [-0.39, 0.29) is 11.7 Å². The Kier molecular flexibility index (Phi) is 6.35. The van der Waals surface area contributed by atoms with Crippen molar-refractivity contribution in [3.8, 4) is 11.4 Å². The number of imidazole rings is 1. The molecule has 0 radical (unpaired) electrons. The summed E-state index contributed by atoms with van der Waals surface area (Å²) in [7, 11) is 0. The highest BCUT2D eigenvalue weighted by molar-refractivity contribution is 6.39. The third-order valence-electron chi connectivity index (χ3n) is 6.56. The highest BCUT2D eigenvalue weighted by Gasteiger charge is 2.24.